The Morgan fingerprint density at radius 1 is 1.44 bits per heavy atom. The van der Waals surface area contributed by atoms with Crippen LogP contribution in [-0.4, -0.2) is 32.7 Å². The van der Waals surface area contributed by atoms with E-state index in [1.54, 1.807) is 25.1 Å². The highest BCUT2D eigenvalue weighted by Crippen LogP contribution is 2.19. The third-order valence-corrected chi connectivity index (χ3v) is 5.16. The second kappa shape index (κ2) is 7.49. The molecule has 2 rings (SSSR count). The molecule has 7 heteroatoms. The lowest BCUT2D eigenvalue weighted by atomic mass is 9.88. The molecule has 2 atom stereocenters. The van der Waals surface area contributed by atoms with Crippen molar-refractivity contribution in [2.24, 2.45) is 5.92 Å². The Labute approximate surface area is 151 Å². The normalized spacial score (nSPS) is 14.9. The van der Waals surface area contributed by atoms with Gasteiger partial charge in [0.15, 0.2) is 4.77 Å². The number of aromatic amines is 1. The maximum Gasteiger partial charge on any atom is 0.262 e. The third kappa shape index (κ3) is 3.99. The number of hydrogen-bond donors (Lipinski definition) is 3. The number of benzene rings is 1. The molecule has 0 radical (unpaired) electrons. The van der Waals surface area contributed by atoms with Crippen molar-refractivity contribution in [3.8, 4) is 0 Å². The Morgan fingerprint density at radius 3 is 2.72 bits per heavy atom. The van der Waals surface area contributed by atoms with Gasteiger partial charge in [-0.3, -0.25) is 14.2 Å². The van der Waals surface area contributed by atoms with Crippen LogP contribution in [0.25, 0.3) is 10.9 Å². The lowest BCUT2D eigenvalue weighted by Gasteiger charge is -2.29. The highest BCUT2D eigenvalue weighted by Gasteiger charge is 2.27. The number of rotatable bonds is 6. The van der Waals surface area contributed by atoms with Crippen molar-refractivity contribution in [3.63, 3.8) is 0 Å². The minimum atomic E-state index is -0.976. The van der Waals surface area contributed by atoms with Crippen molar-refractivity contribution in [3.05, 3.63) is 38.9 Å². The molecular formula is C18H25N3O3S. The summed E-state index contributed by atoms with van der Waals surface area (Å²) in [6.07, 6.45) is 0.819. The van der Waals surface area contributed by atoms with E-state index < -0.39 is 5.60 Å². The number of aromatic nitrogens is 2. The van der Waals surface area contributed by atoms with E-state index in [4.69, 9.17) is 12.2 Å². The molecule has 1 aromatic carbocycles. The van der Waals surface area contributed by atoms with Crippen molar-refractivity contribution in [2.45, 2.75) is 46.3 Å². The van der Waals surface area contributed by atoms with Crippen molar-refractivity contribution in [1.82, 2.24) is 14.9 Å². The van der Waals surface area contributed by atoms with Gasteiger partial charge in [-0.15, -0.1) is 0 Å². The Hall–Kier alpha value is -1.99. The van der Waals surface area contributed by atoms with Crippen LogP contribution in [0.4, 0.5) is 0 Å². The molecule has 0 saturated heterocycles. The number of H-pyrrole nitrogens is 1. The first-order chi connectivity index (χ1) is 11.7. The first kappa shape index (κ1) is 19.3. The van der Waals surface area contributed by atoms with Crippen LogP contribution in [0.2, 0.25) is 0 Å². The quantitative estimate of drug-likeness (QED) is 0.689. The van der Waals surface area contributed by atoms with Crippen LogP contribution in [0.1, 0.15) is 44.5 Å². The zero-order chi connectivity index (χ0) is 18.8. The molecule has 0 bridgehead atoms. The molecule has 25 heavy (non-hydrogen) atoms. The van der Waals surface area contributed by atoms with Crippen molar-refractivity contribution in [1.29, 1.82) is 0 Å². The van der Waals surface area contributed by atoms with Gasteiger partial charge >= 0.3 is 0 Å². The van der Waals surface area contributed by atoms with E-state index in [-0.39, 0.29) is 23.9 Å². The van der Waals surface area contributed by atoms with E-state index in [0.717, 1.165) is 6.42 Å². The predicted octanol–water partition coefficient (Wildman–Crippen LogP) is 2.61. The molecule has 0 saturated carbocycles. The highest BCUT2D eigenvalue weighted by molar-refractivity contribution is 7.71. The van der Waals surface area contributed by atoms with Gasteiger partial charge in [0.25, 0.3) is 11.5 Å². The topological polar surface area (TPSA) is 87.1 Å². The molecule has 1 heterocycles. The average Bonchev–Trinajstić information content (AvgIpc) is 2.58. The van der Waals surface area contributed by atoms with Crippen LogP contribution in [-0.2, 0) is 6.54 Å². The summed E-state index contributed by atoms with van der Waals surface area (Å²) in [5.74, 6) is -0.238. The van der Waals surface area contributed by atoms with Gasteiger partial charge in [-0.2, -0.15) is 0 Å². The van der Waals surface area contributed by atoms with E-state index in [1.807, 2.05) is 20.8 Å². The number of aliphatic hydroxyl groups is 1. The first-order valence-electron chi connectivity index (χ1n) is 8.48. The Bertz CT molecular complexity index is 899. The summed E-state index contributed by atoms with van der Waals surface area (Å²) in [5, 5.41) is 13.6. The number of carbonyl (C=O) groups is 1. The van der Waals surface area contributed by atoms with Crippen LogP contribution in [0.5, 0.6) is 0 Å². The number of nitrogens with one attached hydrogen (secondary N) is 2. The molecule has 2 aromatic rings. The molecule has 0 aliphatic carbocycles. The second-order valence-corrected chi connectivity index (χ2v) is 6.98. The lowest BCUT2D eigenvalue weighted by molar-refractivity contribution is 0.00593. The molecule has 1 aromatic heterocycles. The largest absolute Gasteiger partial charge is 0.388 e. The summed E-state index contributed by atoms with van der Waals surface area (Å²) in [4.78, 5) is 27.8. The fourth-order valence-electron chi connectivity index (χ4n) is 2.66. The van der Waals surface area contributed by atoms with Crippen LogP contribution < -0.4 is 10.9 Å². The van der Waals surface area contributed by atoms with Crippen molar-refractivity contribution >= 4 is 29.0 Å². The molecule has 1 amide bonds. The zero-order valence-corrected chi connectivity index (χ0v) is 15.9. The maximum atomic E-state index is 12.4. The minimum Gasteiger partial charge on any atom is -0.388 e. The van der Waals surface area contributed by atoms with Gasteiger partial charge in [0.2, 0.25) is 0 Å². The Kier molecular flexibility index (Phi) is 5.80. The minimum absolute atomic E-state index is 0.0630. The van der Waals surface area contributed by atoms with E-state index in [2.05, 4.69) is 10.3 Å². The molecule has 0 spiro atoms. The Balaban J connectivity index is 2.29. The zero-order valence-electron chi connectivity index (χ0n) is 15.0. The fraction of sp³-hybridized carbons (Fsp3) is 0.500. The van der Waals surface area contributed by atoms with Crippen LogP contribution in [0.3, 0.4) is 0 Å². The average molecular weight is 363 g/mol. The number of fused-ring (bicyclic) bond motifs is 1. The number of amides is 1. The summed E-state index contributed by atoms with van der Waals surface area (Å²) < 4.78 is 1.80. The lowest BCUT2D eigenvalue weighted by Crippen LogP contribution is -2.45. The first-order valence-corrected chi connectivity index (χ1v) is 8.89. The monoisotopic (exact) mass is 363 g/mol. The molecule has 136 valence electrons. The van der Waals surface area contributed by atoms with Gasteiger partial charge in [-0.05, 0) is 50.2 Å². The summed E-state index contributed by atoms with van der Waals surface area (Å²) >= 11 is 5.19. The molecule has 0 aliphatic rings. The van der Waals surface area contributed by atoms with Crippen molar-refractivity contribution < 1.29 is 9.90 Å². The van der Waals surface area contributed by atoms with Crippen molar-refractivity contribution in [2.75, 3.05) is 6.54 Å². The molecule has 2 unspecified atom stereocenters. The number of carbonyl (C=O) groups excluding carboxylic acids is 1. The van der Waals surface area contributed by atoms with E-state index >= 15 is 0 Å². The van der Waals surface area contributed by atoms with Gasteiger partial charge in [0.05, 0.1) is 16.5 Å². The summed E-state index contributed by atoms with van der Waals surface area (Å²) in [6.45, 7) is 8.15. The standard InChI is InChI=1S/C18H25N3O3S/c1-5-11(3)18(4,24)10-19-15(22)12-7-8-13-14(9-12)20-17(25)21(6-2)16(13)23/h7-9,11,24H,5-6,10H2,1-4H3,(H,19,22)(H,20,25). The SMILES string of the molecule is CCC(C)C(C)(O)CNC(=O)c1ccc2c(=O)n(CC)c(=S)[nH]c2c1. The molecule has 6 nitrogen and oxygen atoms in total. The number of nitrogens with zero attached hydrogens (tertiary/aromatic N) is 1. The van der Waals surface area contributed by atoms with Gasteiger partial charge in [-0.25, -0.2) is 0 Å². The van der Waals surface area contributed by atoms with Gasteiger partial charge in [0, 0.05) is 18.7 Å². The Morgan fingerprint density at radius 2 is 2.12 bits per heavy atom. The smallest absolute Gasteiger partial charge is 0.262 e. The maximum absolute atomic E-state index is 12.4. The van der Waals surface area contributed by atoms with E-state index in [1.165, 1.54) is 4.57 Å². The van der Waals surface area contributed by atoms with E-state index in [0.29, 0.717) is 27.8 Å². The fourth-order valence-corrected chi connectivity index (χ4v) is 2.98. The van der Waals surface area contributed by atoms with Gasteiger partial charge in [0.1, 0.15) is 0 Å². The summed E-state index contributed by atoms with van der Waals surface area (Å²) in [6, 6.07) is 4.84. The molecule has 0 aliphatic heterocycles. The number of hydrogen-bond acceptors (Lipinski definition) is 4. The predicted molar refractivity (Wildman–Crippen MR) is 101 cm³/mol. The highest BCUT2D eigenvalue weighted by atomic mass is 32.1. The van der Waals surface area contributed by atoms with Gasteiger partial charge in [-0.1, -0.05) is 20.3 Å². The van der Waals surface area contributed by atoms with Gasteiger partial charge < -0.3 is 15.4 Å². The molecular weight excluding hydrogens is 338 g/mol. The third-order valence-electron chi connectivity index (χ3n) is 4.84. The van der Waals surface area contributed by atoms with Crippen LogP contribution in [0, 0.1) is 10.7 Å². The summed E-state index contributed by atoms with van der Waals surface area (Å²) in [7, 11) is 0. The summed E-state index contributed by atoms with van der Waals surface area (Å²) in [5.41, 5.74) is -0.212. The second-order valence-electron chi connectivity index (χ2n) is 6.59. The van der Waals surface area contributed by atoms with E-state index in [9.17, 15) is 14.7 Å². The molecule has 0 fully saturated rings. The van der Waals surface area contributed by atoms with Crippen LogP contribution in [0.15, 0.2) is 23.0 Å². The molecule has 3 N–H and O–H groups in total. The van der Waals surface area contributed by atoms with Crippen LogP contribution >= 0.6 is 12.2 Å².